The summed E-state index contributed by atoms with van der Waals surface area (Å²) in [6.45, 7) is 0.335. The van der Waals surface area contributed by atoms with E-state index in [1.807, 2.05) is 12.1 Å². The Morgan fingerprint density at radius 2 is 1.56 bits per heavy atom. The third-order valence-electron chi connectivity index (χ3n) is 4.59. The van der Waals surface area contributed by atoms with E-state index in [-0.39, 0.29) is 0 Å². The molecule has 1 aromatic heterocycles. The van der Waals surface area contributed by atoms with E-state index in [0.717, 1.165) is 35.2 Å². The minimum Gasteiger partial charge on any atom is -0.494 e. The van der Waals surface area contributed by atoms with E-state index in [2.05, 4.69) is 12.1 Å². The van der Waals surface area contributed by atoms with Gasteiger partial charge in [0.1, 0.15) is 11.3 Å². The monoisotopic (exact) mass is 363 g/mol. The molecule has 2 aromatic rings. The van der Waals surface area contributed by atoms with Gasteiger partial charge in [0.05, 0.1) is 7.11 Å². The molecular formula is C21H30ClNO2. The van der Waals surface area contributed by atoms with Gasteiger partial charge in [-0.15, -0.1) is 0 Å². The van der Waals surface area contributed by atoms with Crippen molar-refractivity contribution in [2.75, 3.05) is 13.7 Å². The molecule has 138 valence electrons. The third kappa shape index (κ3) is 6.83. The van der Waals surface area contributed by atoms with Crippen molar-refractivity contribution in [3.63, 3.8) is 0 Å². The molecule has 4 heteroatoms. The normalized spacial score (nSPS) is 11.2. The zero-order valence-corrected chi connectivity index (χ0v) is 16.0. The van der Waals surface area contributed by atoms with Crippen LogP contribution in [0.25, 0.3) is 10.9 Å². The predicted octanol–water partition coefficient (Wildman–Crippen LogP) is 5.94. The lowest BCUT2D eigenvalue weighted by Crippen LogP contribution is -1.94. The average Bonchev–Trinajstić information content (AvgIpc) is 2.62. The standard InChI is InChI=1S/C21H30ClNO2/c1-25-20-16-18(22)15-17-12-13-19(23-21(17)20)11-9-7-5-3-2-4-6-8-10-14-24/h12-13,15-16,24H,2-11,14H2,1H3. The highest BCUT2D eigenvalue weighted by Crippen LogP contribution is 2.28. The number of aliphatic hydroxyl groups is 1. The summed E-state index contributed by atoms with van der Waals surface area (Å²) in [7, 11) is 1.66. The van der Waals surface area contributed by atoms with Crippen LogP contribution in [-0.4, -0.2) is 23.8 Å². The lowest BCUT2D eigenvalue weighted by molar-refractivity contribution is 0.282. The molecule has 0 fully saturated rings. The number of ether oxygens (including phenoxy) is 1. The van der Waals surface area contributed by atoms with Gasteiger partial charge in [0.15, 0.2) is 0 Å². The molecule has 2 rings (SSSR count). The first kappa shape index (κ1) is 20.0. The van der Waals surface area contributed by atoms with Gasteiger partial charge in [-0.2, -0.15) is 0 Å². The van der Waals surface area contributed by atoms with Crippen LogP contribution >= 0.6 is 11.6 Å². The lowest BCUT2D eigenvalue weighted by atomic mass is 10.1. The number of aliphatic hydroxyl groups excluding tert-OH is 1. The van der Waals surface area contributed by atoms with Crippen LogP contribution in [0.3, 0.4) is 0 Å². The van der Waals surface area contributed by atoms with Crippen molar-refractivity contribution in [1.29, 1.82) is 0 Å². The summed E-state index contributed by atoms with van der Waals surface area (Å²) >= 11 is 6.10. The van der Waals surface area contributed by atoms with E-state index in [4.69, 9.17) is 26.4 Å². The molecule has 0 unspecified atom stereocenters. The van der Waals surface area contributed by atoms with Gasteiger partial charge < -0.3 is 9.84 Å². The highest BCUT2D eigenvalue weighted by atomic mass is 35.5. The first-order chi connectivity index (χ1) is 12.2. The van der Waals surface area contributed by atoms with Gasteiger partial charge >= 0.3 is 0 Å². The zero-order valence-electron chi connectivity index (χ0n) is 15.3. The molecule has 0 aliphatic rings. The highest BCUT2D eigenvalue weighted by molar-refractivity contribution is 6.31. The molecule has 0 aliphatic heterocycles. The number of rotatable bonds is 12. The number of aromatic nitrogens is 1. The summed E-state index contributed by atoms with van der Waals surface area (Å²) in [6.07, 6.45) is 12.1. The topological polar surface area (TPSA) is 42.4 Å². The van der Waals surface area contributed by atoms with Gasteiger partial charge in [0.25, 0.3) is 0 Å². The maximum absolute atomic E-state index is 8.74. The fourth-order valence-electron chi connectivity index (χ4n) is 3.16. The van der Waals surface area contributed by atoms with Gasteiger partial charge in [-0.1, -0.05) is 62.6 Å². The van der Waals surface area contributed by atoms with Crippen molar-refractivity contribution in [2.45, 2.75) is 64.2 Å². The van der Waals surface area contributed by atoms with Crippen LogP contribution in [0.1, 0.15) is 63.5 Å². The maximum atomic E-state index is 8.74. The molecule has 3 nitrogen and oxygen atoms in total. The van der Waals surface area contributed by atoms with Crippen LogP contribution in [0.2, 0.25) is 5.02 Å². The van der Waals surface area contributed by atoms with Gasteiger partial charge in [-0.05, 0) is 31.4 Å². The lowest BCUT2D eigenvalue weighted by Gasteiger charge is -2.08. The molecule has 1 heterocycles. The van der Waals surface area contributed by atoms with Crippen molar-refractivity contribution in [3.8, 4) is 5.75 Å². The van der Waals surface area contributed by atoms with Crippen LogP contribution in [0.15, 0.2) is 24.3 Å². The molecular weight excluding hydrogens is 334 g/mol. The summed E-state index contributed by atoms with van der Waals surface area (Å²) in [5.41, 5.74) is 2.02. The largest absolute Gasteiger partial charge is 0.494 e. The van der Waals surface area contributed by atoms with Crippen molar-refractivity contribution < 1.29 is 9.84 Å². The number of unbranched alkanes of at least 4 members (excludes halogenated alkanes) is 8. The van der Waals surface area contributed by atoms with Crippen molar-refractivity contribution in [3.05, 3.63) is 35.0 Å². The van der Waals surface area contributed by atoms with Gasteiger partial charge in [0, 0.05) is 28.8 Å². The second-order valence-electron chi connectivity index (χ2n) is 6.64. The van der Waals surface area contributed by atoms with Crippen LogP contribution in [0.5, 0.6) is 5.75 Å². The van der Waals surface area contributed by atoms with E-state index >= 15 is 0 Å². The highest BCUT2D eigenvalue weighted by Gasteiger charge is 2.06. The Bertz CT molecular complexity index is 645. The Kier molecular flexibility index (Phi) is 9.06. The fraction of sp³-hybridized carbons (Fsp3) is 0.571. The zero-order chi connectivity index (χ0) is 17.9. The Morgan fingerprint density at radius 3 is 2.20 bits per heavy atom. The number of fused-ring (bicyclic) bond motifs is 1. The SMILES string of the molecule is COc1cc(Cl)cc2ccc(CCCCCCCCCCCO)nc12. The Balaban J connectivity index is 1.70. The second-order valence-corrected chi connectivity index (χ2v) is 7.07. The molecule has 0 amide bonds. The minimum atomic E-state index is 0.335. The summed E-state index contributed by atoms with van der Waals surface area (Å²) in [5.74, 6) is 0.741. The number of methoxy groups -OCH3 is 1. The van der Waals surface area contributed by atoms with Crippen LogP contribution in [-0.2, 0) is 6.42 Å². The maximum Gasteiger partial charge on any atom is 0.146 e. The second kappa shape index (κ2) is 11.3. The molecule has 0 bridgehead atoms. The van der Waals surface area contributed by atoms with E-state index in [9.17, 15) is 0 Å². The van der Waals surface area contributed by atoms with Crippen molar-refractivity contribution in [2.24, 2.45) is 0 Å². The van der Waals surface area contributed by atoms with Crippen LogP contribution < -0.4 is 4.74 Å². The number of nitrogens with zero attached hydrogens (tertiary/aromatic N) is 1. The van der Waals surface area contributed by atoms with E-state index in [1.54, 1.807) is 7.11 Å². The molecule has 1 aromatic carbocycles. The molecule has 1 N–H and O–H groups in total. The molecule has 0 atom stereocenters. The number of hydrogen-bond acceptors (Lipinski definition) is 3. The van der Waals surface area contributed by atoms with Crippen molar-refractivity contribution in [1.82, 2.24) is 4.98 Å². The van der Waals surface area contributed by atoms with E-state index < -0.39 is 0 Å². The van der Waals surface area contributed by atoms with E-state index in [1.165, 1.54) is 51.4 Å². The summed E-state index contributed by atoms with van der Waals surface area (Å²) in [5, 5.41) is 10.4. The number of pyridine rings is 1. The number of benzene rings is 1. The fourth-order valence-corrected chi connectivity index (χ4v) is 3.37. The molecule has 0 saturated carbocycles. The number of hydrogen-bond donors (Lipinski definition) is 1. The Morgan fingerprint density at radius 1 is 0.920 bits per heavy atom. The first-order valence-corrected chi connectivity index (χ1v) is 9.86. The molecule has 0 aliphatic carbocycles. The van der Waals surface area contributed by atoms with Gasteiger partial charge in [-0.3, -0.25) is 0 Å². The smallest absolute Gasteiger partial charge is 0.146 e. The molecule has 0 saturated heterocycles. The summed E-state index contributed by atoms with van der Waals surface area (Å²) < 4.78 is 5.41. The number of aryl methyl sites for hydroxylation is 1. The minimum absolute atomic E-state index is 0.335. The first-order valence-electron chi connectivity index (χ1n) is 9.48. The average molecular weight is 364 g/mol. The molecule has 25 heavy (non-hydrogen) atoms. The third-order valence-corrected chi connectivity index (χ3v) is 4.81. The summed E-state index contributed by atoms with van der Waals surface area (Å²) in [4.78, 5) is 4.76. The van der Waals surface area contributed by atoms with Crippen LogP contribution in [0, 0.1) is 0 Å². The van der Waals surface area contributed by atoms with Crippen LogP contribution in [0.4, 0.5) is 0 Å². The molecule has 0 spiro atoms. The quantitative estimate of drug-likeness (QED) is 0.474. The van der Waals surface area contributed by atoms with Gasteiger partial charge in [-0.25, -0.2) is 4.98 Å². The Hall–Kier alpha value is -1.32. The number of halogens is 1. The Labute approximate surface area is 156 Å². The summed E-state index contributed by atoms with van der Waals surface area (Å²) in [6, 6.07) is 7.93. The molecule has 0 radical (unpaired) electrons. The van der Waals surface area contributed by atoms with Gasteiger partial charge in [0.2, 0.25) is 0 Å². The van der Waals surface area contributed by atoms with E-state index in [0.29, 0.717) is 11.6 Å². The predicted molar refractivity (Wildman–Crippen MR) is 106 cm³/mol. The van der Waals surface area contributed by atoms with Crippen molar-refractivity contribution >= 4 is 22.5 Å².